The number of likely N-dealkylation sites (N-methyl/N-ethyl adjacent to an activating group) is 1. The lowest BCUT2D eigenvalue weighted by Gasteiger charge is -2.34. The number of carbonyl (C=O) groups is 1. The highest BCUT2D eigenvalue weighted by Gasteiger charge is 2.27. The van der Waals surface area contributed by atoms with Gasteiger partial charge in [0.1, 0.15) is 0 Å². The van der Waals surface area contributed by atoms with Crippen molar-refractivity contribution in [1.29, 1.82) is 0 Å². The van der Waals surface area contributed by atoms with Crippen LogP contribution >= 0.6 is 11.8 Å². The standard InChI is InChI=1S/C16H19N3OS/c1-2-18-8-10-19(11-9-18)16-17-15(20)14(21-16)12-13-6-4-3-5-7-13/h3-7,12H,2,8-11H2,1H3/b14-12-. The predicted molar refractivity (Wildman–Crippen MR) is 88.1 cm³/mol. The van der Waals surface area contributed by atoms with Gasteiger partial charge >= 0.3 is 0 Å². The van der Waals surface area contributed by atoms with Crippen LogP contribution < -0.4 is 0 Å². The van der Waals surface area contributed by atoms with Crippen LogP contribution in [0.2, 0.25) is 0 Å². The Hall–Kier alpha value is -1.59. The normalized spacial score (nSPS) is 22.0. The molecule has 0 aliphatic carbocycles. The summed E-state index contributed by atoms with van der Waals surface area (Å²) in [6.07, 6.45) is 1.92. The van der Waals surface area contributed by atoms with Crippen LogP contribution in [-0.2, 0) is 4.79 Å². The SMILES string of the molecule is CCN1CCN(C2=NC(=O)/C(=C/c3ccccc3)S2)CC1. The Kier molecular flexibility index (Phi) is 4.41. The zero-order valence-corrected chi connectivity index (χ0v) is 13.0. The molecule has 0 aromatic heterocycles. The molecule has 2 aliphatic heterocycles. The van der Waals surface area contributed by atoms with Crippen molar-refractivity contribution in [2.45, 2.75) is 6.92 Å². The van der Waals surface area contributed by atoms with E-state index in [2.05, 4.69) is 21.7 Å². The van der Waals surface area contributed by atoms with Gasteiger partial charge in [-0.15, -0.1) is 0 Å². The maximum atomic E-state index is 12.0. The van der Waals surface area contributed by atoms with Crippen molar-refractivity contribution in [2.75, 3.05) is 32.7 Å². The van der Waals surface area contributed by atoms with E-state index in [9.17, 15) is 4.79 Å². The van der Waals surface area contributed by atoms with Gasteiger partial charge in [0.15, 0.2) is 5.17 Å². The number of carbonyl (C=O) groups excluding carboxylic acids is 1. The minimum atomic E-state index is -0.114. The summed E-state index contributed by atoms with van der Waals surface area (Å²) >= 11 is 1.50. The van der Waals surface area contributed by atoms with Crippen molar-refractivity contribution in [2.24, 2.45) is 4.99 Å². The number of benzene rings is 1. The van der Waals surface area contributed by atoms with E-state index >= 15 is 0 Å². The maximum Gasteiger partial charge on any atom is 0.286 e. The molecule has 0 unspecified atom stereocenters. The van der Waals surface area contributed by atoms with Crippen LogP contribution in [0.1, 0.15) is 12.5 Å². The molecule has 110 valence electrons. The summed E-state index contributed by atoms with van der Waals surface area (Å²) in [5, 5.41) is 0.859. The van der Waals surface area contributed by atoms with E-state index in [0.717, 1.165) is 43.5 Å². The first-order valence-corrected chi connectivity index (χ1v) is 8.13. The molecule has 2 heterocycles. The van der Waals surface area contributed by atoms with Gasteiger partial charge in [-0.3, -0.25) is 4.79 Å². The number of rotatable bonds is 2. The number of piperazine rings is 1. The van der Waals surface area contributed by atoms with Crippen LogP contribution in [-0.4, -0.2) is 53.6 Å². The predicted octanol–water partition coefficient (Wildman–Crippen LogP) is 2.29. The molecule has 1 aromatic carbocycles. The Labute approximate surface area is 129 Å². The van der Waals surface area contributed by atoms with E-state index in [-0.39, 0.29) is 5.91 Å². The molecule has 0 bridgehead atoms. The van der Waals surface area contributed by atoms with Gasteiger partial charge in [-0.2, -0.15) is 4.99 Å². The van der Waals surface area contributed by atoms with Crippen molar-refractivity contribution in [1.82, 2.24) is 9.80 Å². The average molecular weight is 301 g/mol. The topological polar surface area (TPSA) is 35.9 Å². The van der Waals surface area contributed by atoms with Gasteiger partial charge in [0, 0.05) is 26.2 Å². The number of amides is 1. The molecule has 0 saturated carbocycles. The Morgan fingerprint density at radius 2 is 1.90 bits per heavy atom. The fourth-order valence-electron chi connectivity index (χ4n) is 2.49. The van der Waals surface area contributed by atoms with Crippen LogP contribution in [0.15, 0.2) is 40.2 Å². The summed E-state index contributed by atoms with van der Waals surface area (Å²) in [6.45, 7) is 7.26. The van der Waals surface area contributed by atoms with Gasteiger partial charge in [0.25, 0.3) is 5.91 Å². The third-order valence-corrected chi connectivity index (χ3v) is 4.84. The molecular weight excluding hydrogens is 282 g/mol. The van der Waals surface area contributed by atoms with Crippen LogP contribution in [0, 0.1) is 0 Å². The van der Waals surface area contributed by atoms with E-state index in [0.29, 0.717) is 4.91 Å². The number of hydrogen-bond acceptors (Lipinski definition) is 4. The quantitative estimate of drug-likeness (QED) is 0.785. The maximum absolute atomic E-state index is 12.0. The molecule has 1 aromatic rings. The van der Waals surface area contributed by atoms with Crippen LogP contribution in [0.3, 0.4) is 0 Å². The molecule has 1 fully saturated rings. The first-order chi connectivity index (χ1) is 10.3. The van der Waals surface area contributed by atoms with Crippen LogP contribution in [0.4, 0.5) is 0 Å². The fourth-order valence-corrected chi connectivity index (χ4v) is 3.45. The molecule has 4 nitrogen and oxygen atoms in total. The Morgan fingerprint density at radius 3 is 2.57 bits per heavy atom. The highest BCUT2D eigenvalue weighted by Crippen LogP contribution is 2.30. The van der Waals surface area contributed by atoms with E-state index in [1.54, 1.807) is 0 Å². The molecule has 2 aliphatic rings. The monoisotopic (exact) mass is 301 g/mol. The molecule has 3 rings (SSSR count). The van der Waals surface area contributed by atoms with Crippen LogP contribution in [0.25, 0.3) is 6.08 Å². The Bertz CT molecular complexity index is 574. The molecule has 0 spiro atoms. The van der Waals surface area contributed by atoms with E-state index < -0.39 is 0 Å². The number of aliphatic imine (C=N–C) groups is 1. The van der Waals surface area contributed by atoms with Gasteiger partial charge in [-0.05, 0) is 29.9 Å². The summed E-state index contributed by atoms with van der Waals surface area (Å²) in [4.78, 5) is 21.6. The van der Waals surface area contributed by atoms with Gasteiger partial charge in [0.2, 0.25) is 0 Å². The smallest absolute Gasteiger partial charge is 0.286 e. The van der Waals surface area contributed by atoms with Gasteiger partial charge < -0.3 is 9.80 Å². The number of amidine groups is 1. The molecule has 1 amide bonds. The van der Waals surface area contributed by atoms with E-state index in [1.807, 2.05) is 36.4 Å². The summed E-state index contributed by atoms with van der Waals surface area (Å²) in [5.41, 5.74) is 1.04. The molecule has 1 saturated heterocycles. The largest absolute Gasteiger partial charge is 0.348 e. The molecule has 21 heavy (non-hydrogen) atoms. The number of hydrogen-bond donors (Lipinski definition) is 0. The first-order valence-electron chi connectivity index (χ1n) is 7.31. The first kappa shape index (κ1) is 14.4. The lowest BCUT2D eigenvalue weighted by Crippen LogP contribution is -2.47. The summed E-state index contributed by atoms with van der Waals surface area (Å²) in [5.74, 6) is -0.114. The highest BCUT2D eigenvalue weighted by molar-refractivity contribution is 8.18. The second-order valence-electron chi connectivity index (χ2n) is 5.14. The van der Waals surface area contributed by atoms with Crippen molar-refractivity contribution in [3.8, 4) is 0 Å². The molecule has 0 N–H and O–H groups in total. The zero-order valence-electron chi connectivity index (χ0n) is 12.2. The minimum Gasteiger partial charge on any atom is -0.348 e. The molecule has 5 heteroatoms. The summed E-state index contributed by atoms with van der Waals surface area (Å²) in [6, 6.07) is 9.92. The fraction of sp³-hybridized carbons (Fsp3) is 0.375. The minimum absolute atomic E-state index is 0.114. The van der Waals surface area contributed by atoms with Crippen molar-refractivity contribution < 1.29 is 4.79 Å². The zero-order chi connectivity index (χ0) is 14.7. The second kappa shape index (κ2) is 6.45. The summed E-state index contributed by atoms with van der Waals surface area (Å²) < 4.78 is 0. The van der Waals surface area contributed by atoms with Crippen LogP contribution in [0.5, 0.6) is 0 Å². The Balaban J connectivity index is 1.67. The number of thioether (sulfide) groups is 1. The third-order valence-electron chi connectivity index (χ3n) is 3.80. The lowest BCUT2D eigenvalue weighted by molar-refractivity contribution is -0.113. The molecular formula is C16H19N3OS. The van der Waals surface area contributed by atoms with Gasteiger partial charge in [0.05, 0.1) is 4.91 Å². The highest BCUT2D eigenvalue weighted by atomic mass is 32.2. The number of nitrogens with zero attached hydrogens (tertiary/aromatic N) is 3. The van der Waals surface area contributed by atoms with Crippen molar-refractivity contribution in [3.05, 3.63) is 40.8 Å². The van der Waals surface area contributed by atoms with Crippen molar-refractivity contribution in [3.63, 3.8) is 0 Å². The van der Waals surface area contributed by atoms with Crippen molar-refractivity contribution >= 4 is 28.9 Å². The lowest BCUT2D eigenvalue weighted by atomic mass is 10.2. The van der Waals surface area contributed by atoms with Gasteiger partial charge in [-0.25, -0.2) is 0 Å². The third kappa shape index (κ3) is 3.36. The van der Waals surface area contributed by atoms with E-state index in [1.165, 1.54) is 11.8 Å². The Morgan fingerprint density at radius 1 is 1.19 bits per heavy atom. The molecule has 0 atom stereocenters. The summed E-state index contributed by atoms with van der Waals surface area (Å²) in [7, 11) is 0. The molecule has 0 radical (unpaired) electrons. The average Bonchev–Trinajstić information content (AvgIpc) is 2.89. The second-order valence-corrected chi connectivity index (χ2v) is 6.15. The van der Waals surface area contributed by atoms with Gasteiger partial charge in [-0.1, -0.05) is 37.3 Å². The van der Waals surface area contributed by atoms with E-state index in [4.69, 9.17) is 0 Å².